The Labute approximate surface area is 170 Å². The second-order valence-electron chi connectivity index (χ2n) is 7.14. The second-order valence-corrected chi connectivity index (χ2v) is 9.49. The van der Waals surface area contributed by atoms with Gasteiger partial charge in [0.15, 0.2) is 5.69 Å². The molecule has 0 radical (unpaired) electrons. The summed E-state index contributed by atoms with van der Waals surface area (Å²) in [7, 11) is -3.51. The largest absolute Gasteiger partial charge is 0.354 e. The van der Waals surface area contributed by atoms with Crippen LogP contribution < -0.4 is 4.90 Å². The minimum absolute atomic E-state index is 0.184. The molecule has 2 aliphatic rings. The van der Waals surface area contributed by atoms with Crippen LogP contribution in [0, 0.1) is 11.3 Å². The van der Waals surface area contributed by atoms with Crippen molar-refractivity contribution in [2.24, 2.45) is 0 Å². The molecular formula is C20H21ClN4O2S. The molecule has 2 aromatic rings. The Morgan fingerprint density at radius 3 is 2.43 bits per heavy atom. The number of sulfonamides is 1. The normalized spacial score (nSPS) is 17.8. The van der Waals surface area contributed by atoms with E-state index < -0.39 is 10.0 Å². The van der Waals surface area contributed by atoms with E-state index >= 15 is 0 Å². The van der Waals surface area contributed by atoms with Gasteiger partial charge in [-0.25, -0.2) is 13.4 Å². The van der Waals surface area contributed by atoms with Gasteiger partial charge in [0.05, 0.1) is 9.92 Å². The molecule has 1 aliphatic carbocycles. The van der Waals surface area contributed by atoms with Gasteiger partial charge < -0.3 is 4.90 Å². The van der Waals surface area contributed by atoms with E-state index in [4.69, 9.17) is 16.9 Å². The number of pyridine rings is 1. The van der Waals surface area contributed by atoms with E-state index in [0.717, 1.165) is 19.3 Å². The van der Waals surface area contributed by atoms with Crippen LogP contribution in [0.1, 0.15) is 29.7 Å². The first kappa shape index (κ1) is 19.2. The van der Waals surface area contributed by atoms with Crippen LogP contribution in [-0.2, 0) is 22.9 Å². The molecule has 1 aromatic heterocycles. The number of fused-ring (bicyclic) bond motifs is 1. The minimum Gasteiger partial charge on any atom is -0.354 e. The van der Waals surface area contributed by atoms with E-state index in [1.54, 1.807) is 18.2 Å². The third kappa shape index (κ3) is 3.60. The third-order valence-corrected chi connectivity index (χ3v) is 7.66. The number of nitriles is 1. The van der Waals surface area contributed by atoms with Crippen molar-refractivity contribution in [3.8, 4) is 6.07 Å². The van der Waals surface area contributed by atoms with Gasteiger partial charge in [-0.2, -0.15) is 9.57 Å². The zero-order valence-electron chi connectivity index (χ0n) is 15.4. The highest BCUT2D eigenvalue weighted by molar-refractivity contribution is 7.89. The lowest BCUT2D eigenvalue weighted by molar-refractivity contribution is 0.383. The lowest BCUT2D eigenvalue weighted by Crippen LogP contribution is -2.49. The summed E-state index contributed by atoms with van der Waals surface area (Å²) in [5.41, 5.74) is 2.63. The fourth-order valence-electron chi connectivity index (χ4n) is 3.86. The van der Waals surface area contributed by atoms with Crippen molar-refractivity contribution >= 4 is 27.4 Å². The van der Waals surface area contributed by atoms with Gasteiger partial charge >= 0.3 is 0 Å². The maximum Gasteiger partial charge on any atom is 0.243 e. The molecule has 1 aliphatic heterocycles. The molecular weight excluding hydrogens is 396 g/mol. The zero-order chi connectivity index (χ0) is 19.7. The monoisotopic (exact) mass is 416 g/mol. The van der Waals surface area contributed by atoms with Crippen molar-refractivity contribution in [3.63, 3.8) is 0 Å². The molecule has 6 nitrogen and oxygen atoms in total. The summed E-state index contributed by atoms with van der Waals surface area (Å²) in [6.45, 7) is 1.80. The number of hydrogen-bond acceptors (Lipinski definition) is 5. The lowest BCUT2D eigenvalue weighted by Gasteiger charge is -2.34. The Hall–Kier alpha value is -2.14. The van der Waals surface area contributed by atoms with Gasteiger partial charge in [0.2, 0.25) is 10.0 Å². The minimum atomic E-state index is -3.51. The van der Waals surface area contributed by atoms with E-state index in [1.807, 2.05) is 23.1 Å². The molecule has 0 spiro atoms. The smallest absolute Gasteiger partial charge is 0.243 e. The summed E-state index contributed by atoms with van der Waals surface area (Å²) in [6, 6.07) is 11.0. The van der Waals surface area contributed by atoms with Crippen LogP contribution in [0.2, 0.25) is 5.02 Å². The van der Waals surface area contributed by atoms with E-state index in [0.29, 0.717) is 41.9 Å². The number of piperazine rings is 1. The van der Waals surface area contributed by atoms with Crippen molar-refractivity contribution in [1.82, 2.24) is 9.29 Å². The molecule has 0 saturated carbocycles. The van der Waals surface area contributed by atoms with Gasteiger partial charge in [0.25, 0.3) is 0 Å². The van der Waals surface area contributed by atoms with Crippen molar-refractivity contribution in [1.29, 1.82) is 5.26 Å². The van der Waals surface area contributed by atoms with Gasteiger partial charge in [0.1, 0.15) is 11.9 Å². The summed E-state index contributed by atoms with van der Waals surface area (Å²) in [4.78, 5) is 6.64. The number of halogens is 1. The van der Waals surface area contributed by atoms with Crippen LogP contribution in [0.4, 0.5) is 5.82 Å². The Morgan fingerprint density at radius 2 is 1.71 bits per heavy atom. The highest BCUT2D eigenvalue weighted by Gasteiger charge is 2.29. The third-order valence-electron chi connectivity index (χ3n) is 5.46. The average Bonchev–Trinajstić information content (AvgIpc) is 2.74. The first-order chi connectivity index (χ1) is 13.5. The zero-order valence-corrected chi connectivity index (χ0v) is 17.0. The van der Waals surface area contributed by atoms with Crippen LogP contribution in [0.15, 0.2) is 35.2 Å². The van der Waals surface area contributed by atoms with Crippen molar-refractivity contribution < 1.29 is 8.42 Å². The molecule has 1 fully saturated rings. The topological polar surface area (TPSA) is 77.3 Å². The van der Waals surface area contributed by atoms with Gasteiger partial charge in [-0.15, -0.1) is 0 Å². The maximum absolute atomic E-state index is 13.1. The maximum atomic E-state index is 13.1. The number of aromatic nitrogens is 1. The highest BCUT2D eigenvalue weighted by Crippen LogP contribution is 2.27. The molecule has 4 rings (SSSR count). The molecule has 8 heteroatoms. The summed E-state index contributed by atoms with van der Waals surface area (Å²) >= 11 is 5.95. The van der Waals surface area contributed by atoms with Crippen molar-refractivity contribution in [2.75, 3.05) is 31.1 Å². The molecule has 0 unspecified atom stereocenters. The van der Waals surface area contributed by atoms with E-state index in [9.17, 15) is 8.42 Å². The molecule has 2 heterocycles. The molecule has 0 bridgehead atoms. The van der Waals surface area contributed by atoms with E-state index in [2.05, 4.69) is 4.98 Å². The molecule has 146 valence electrons. The van der Waals surface area contributed by atoms with Gasteiger partial charge in [0, 0.05) is 26.2 Å². The standard InChI is InChI=1S/C20H21ClN4O2S/c21-18-7-8-20(23-19(18)14-22)24-9-11-25(12-10-24)28(26,27)17-6-5-15-3-1-2-4-16(15)13-17/h5-8,13H,1-4,9-12H2. The van der Waals surface area contributed by atoms with Gasteiger partial charge in [-0.1, -0.05) is 17.7 Å². The number of benzene rings is 1. The summed E-state index contributed by atoms with van der Waals surface area (Å²) in [5, 5.41) is 9.42. The molecule has 1 saturated heterocycles. The first-order valence-electron chi connectivity index (χ1n) is 9.42. The SMILES string of the molecule is N#Cc1nc(N2CCN(S(=O)(=O)c3ccc4c(c3)CCCC4)CC2)ccc1Cl. The predicted octanol–water partition coefficient (Wildman–Crippen LogP) is 3.00. The van der Waals surface area contributed by atoms with Gasteiger partial charge in [-0.05, 0) is 61.1 Å². The number of anilines is 1. The Balaban J connectivity index is 1.49. The summed E-state index contributed by atoms with van der Waals surface area (Å²) in [5.74, 6) is 0.645. The van der Waals surface area contributed by atoms with Crippen LogP contribution in [-0.4, -0.2) is 43.9 Å². The first-order valence-corrected chi connectivity index (χ1v) is 11.2. The number of rotatable bonds is 3. The Bertz CT molecular complexity index is 1040. The van der Waals surface area contributed by atoms with Crippen LogP contribution in [0.5, 0.6) is 0 Å². The number of aryl methyl sites for hydroxylation is 2. The fraction of sp³-hybridized carbons (Fsp3) is 0.400. The molecule has 28 heavy (non-hydrogen) atoms. The molecule has 0 amide bonds. The second kappa shape index (κ2) is 7.70. The Kier molecular flexibility index (Phi) is 5.28. The van der Waals surface area contributed by atoms with Gasteiger partial charge in [-0.3, -0.25) is 0 Å². The summed E-state index contributed by atoms with van der Waals surface area (Å²) < 4.78 is 27.7. The molecule has 1 aromatic carbocycles. The molecule has 0 N–H and O–H groups in total. The highest BCUT2D eigenvalue weighted by atomic mass is 35.5. The van der Waals surface area contributed by atoms with Crippen LogP contribution in [0.25, 0.3) is 0 Å². The van der Waals surface area contributed by atoms with Crippen molar-refractivity contribution in [3.05, 3.63) is 52.2 Å². The van der Waals surface area contributed by atoms with E-state index in [-0.39, 0.29) is 5.69 Å². The average molecular weight is 417 g/mol. The number of nitrogens with zero attached hydrogens (tertiary/aromatic N) is 4. The van der Waals surface area contributed by atoms with Crippen LogP contribution in [0.3, 0.4) is 0 Å². The van der Waals surface area contributed by atoms with Crippen molar-refractivity contribution in [2.45, 2.75) is 30.6 Å². The quantitative estimate of drug-likeness (QED) is 0.768. The Morgan fingerprint density at radius 1 is 1.00 bits per heavy atom. The fourth-order valence-corrected chi connectivity index (χ4v) is 5.48. The predicted molar refractivity (Wildman–Crippen MR) is 108 cm³/mol. The van der Waals surface area contributed by atoms with Crippen LogP contribution >= 0.6 is 11.6 Å². The lowest BCUT2D eigenvalue weighted by atomic mass is 9.92. The number of hydrogen-bond donors (Lipinski definition) is 0. The van der Waals surface area contributed by atoms with E-state index in [1.165, 1.54) is 21.9 Å². The molecule has 0 atom stereocenters. The summed E-state index contributed by atoms with van der Waals surface area (Å²) in [6.07, 6.45) is 4.28.